The number of hydrogen-bond acceptors (Lipinski definition) is 6. The SMILES string of the molecule is COc1cc(C)c(/C(O)=C2\C(=O)C(=O)N(c3ccc(CC(=O)OC(C)C)cc3)C2c2cccc(C)c2)cc1C(C)C. The largest absolute Gasteiger partial charge is 0.507 e. The fourth-order valence-electron chi connectivity index (χ4n) is 5.23. The number of anilines is 1. The van der Waals surface area contributed by atoms with Gasteiger partial charge in [-0.05, 0) is 80.1 Å². The number of benzene rings is 3. The van der Waals surface area contributed by atoms with Crippen molar-refractivity contribution in [3.8, 4) is 5.75 Å². The zero-order chi connectivity index (χ0) is 30.0. The van der Waals surface area contributed by atoms with Crippen molar-refractivity contribution in [3.63, 3.8) is 0 Å². The van der Waals surface area contributed by atoms with Crippen molar-refractivity contribution in [1.29, 1.82) is 0 Å². The molecule has 1 amide bonds. The molecule has 41 heavy (non-hydrogen) atoms. The Balaban J connectivity index is 1.86. The van der Waals surface area contributed by atoms with Crippen LogP contribution in [0.2, 0.25) is 0 Å². The standard InChI is InChI=1S/C34H37NO6/c1-19(2)26-18-27(22(6)16-28(26)40-7)32(37)30-31(24-10-8-9-21(5)15-24)35(34(39)33(30)38)25-13-11-23(12-14-25)17-29(36)41-20(3)4/h8-16,18-20,31,37H,17H2,1-7H3/b32-30+. The second-order valence-electron chi connectivity index (χ2n) is 11.0. The summed E-state index contributed by atoms with van der Waals surface area (Å²) >= 11 is 0. The number of aryl methyl sites for hydroxylation is 2. The highest BCUT2D eigenvalue weighted by Gasteiger charge is 2.47. The summed E-state index contributed by atoms with van der Waals surface area (Å²) in [6, 6.07) is 17.3. The second-order valence-corrected chi connectivity index (χ2v) is 11.0. The van der Waals surface area contributed by atoms with Crippen LogP contribution in [0.1, 0.15) is 73.0 Å². The van der Waals surface area contributed by atoms with Crippen LogP contribution in [0.15, 0.2) is 66.2 Å². The third kappa shape index (κ3) is 6.04. The molecule has 1 atom stereocenters. The predicted octanol–water partition coefficient (Wildman–Crippen LogP) is 6.56. The first-order valence-electron chi connectivity index (χ1n) is 13.8. The van der Waals surface area contributed by atoms with E-state index in [4.69, 9.17) is 9.47 Å². The van der Waals surface area contributed by atoms with Gasteiger partial charge in [-0.25, -0.2) is 0 Å². The van der Waals surface area contributed by atoms with Crippen LogP contribution in [0.4, 0.5) is 5.69 Å². The number of nitrogens with zero attached hydrogens (tertiary/aromatic N) is 1. The average Bonchev–Trinajstić information content (AvgIpc) is 3.18. The van der Waals surface area contributed by atoms with Crippen LogP contribution in [0.3, 0.4) is 0 Å². The lowest BCUT2D eigenvalue weighted by atomic mass is 9.90. The van der Waals surface area contributed by atoms with Crippen molar-refractivity contribution in [2.75, 3.05) is 12.0 Å². The summed E-state index contributed by atoms with van der Waals surface area (Å²) in [4.78, 5) is 40.8. The summed E-state index contributed by atoms with van der Waals surface area (Å²) in [5.74, 6) is -1.28. The zero-order valence-corrected chi connectivity index (χ0v) is 24.6. The maximum atomic E-state index is 13.6. The number of aliphatic hydroxyl groups is 1. The van der Waals surface area contributed by atoms with Crippen molar-refractivity contribution in [2.24, 2.45) is 0 Å². The first kappa shape index (κ1) is 29.6. The summed E-state index contributed by atoms with van der Waals surface area (Å²) in [6.07, 6.45) is -0.123. The Kier molecular flexibility index (Phi) is 8.66. The number of ether oxygens (including phenoxy) is 2. The predicted molar refractivity (Wildman–Crippen MR) is 159 cm³/mol. The van der Waals surface area contributed by atoms with E-state index in [2.05, 4.69) is 0 Å². The Morgan fingerprint density at radius 2 is 1.66 bits per heavy atom. The molecule has 0 spiro atoms. The lowest BCUT2D eigenvalue weighted by molar-refractivity contribution is -0.146. The maximum Gasteiger partial charge on any atom is 0.310 e. The molecule has 4 rings (SSSR count). The Hall–Kier alpha value is -4.39. The molecule has 3 aromatic carbocycles. The highest BCUT2D eigenvalue weighted by molar-refractivity contribution is 6.51. The summed E-state index contributed by atoms with van der Waals surface area (Å²) in [5.41, 5.74) is 4.95. The van der Waals surface area contributed by atoms with Crippen molar-refractivity contribution in [2.45, 2.75) is 66.0 Å². The van der Waals surface area contributed by atoms with E-state index in [0.29, 0.717) is 22.6 Å². The van der Waals surface area contributed by atoms with Crippen LogP contribution in [0.5, 0.6) is 5.75 Å². The molecule has 1 unspecified atom stereocenters. The summed E-state index contributed by atoms with van der Waals surface area (Å²) in [7, 11) is 1.60. The molecule has 1 fully saturated rings. The normalized spacial score (nSPS) is 16.5. The molecule has 3 aromatic rings. The van der Waals surface area contributed by atoms with Gasteiger partial charge in [0.05, 0.1) is 31.2 Å². The smallest absolute Gasteiger partial charge is 0.310 e. The fraction of sp³-hybridized carbons (Fsp3) is 0.324. The Morgan fingerprint density at radius 1 is 0.976 bits per heavy atom. The minimum Gasteiger partial charge on any atom is -0.507 e. The van der Waals surface area contributed by atoms with Gasteiger partial charge >= 0.3 is 5.97 Å². The monoisotopic (exact) mass is 555 g/mol. The van der Waals surface area contributed by atoms with Crippen LogP contribution in [0, 0.1) is 13.8 Å². The average molecular weight is 556 g/mol. The summed E-state index contributed by atoms with van der Waals surface area (Å²) < 4.78 is 10.8. The van der Waals surface area contributed by atoms with E-state index in [1.165, 1.54) is 4.90 Å². The van der Waals surface area contributed by atoms with Gasteiger partial charge in [-0.3, -0.25) is 19.3 Å². The van der Waals surface area contributed by atoms with E-state index < -0.39 is 17.7 Å². The van der Waals surface area contributed by atoms with Gasteiger partial charge in [-0.15, -0.1) is 0 Å². The number of carbonyl (C=O) groups excluding carboxylic acids is 3. The molecule has 1 heterocycles. The molecule has 1 N–H and O–H groups in total. The second kappa shape index (κ2) is 12.0. The lowest BCUT2D eigenvalue weighted by Crippen LogP contribution is -2.29. The number of Topliss-reactive ketones (excluding diaryl/α,β-unsaturated/α-hetero) is 1. The Morgan fingerprint density at radius 3 is 2.24 bits per heavy atom. The van der Waals surface area contributed by atoms with Crippen LogP contribution >= 0.6 is 0 Å². The molecular weight excluding hydrogens is 518 g/mol. The van der Waals surface area contributed by atoms with Crippen molar-refractivity contribution in [1.82, 2.24) is 0 Å². The van der Waals surface area contributed by atoms with Gasteiger partial charge in [-0.2, -0.15) is 0 Å². The van der Waals surface area contributed by atoms with E-state index >= 15 is 0 Å². The molecule has 214 valence electrons. The molecule has 0 radical (unpaired) electrons. The third-order valence-corrected chi connectivity index (χ3v) is 7.19. The van der Waals surface area contributed by atoms with E-state index in [0.717, 1.165) is 22.3 Å². The van der Waals surface area contributed by atoms with E-state index in [1.807, 2.05) is 64.1 Å². The lowest BCUT2D eigenvalue weighted by Gasteiger charge is -2.26. The zero-order valence-electron chi connectivity index (χ0n) is 24.6. The number of hydrogen-bond donors (Lipinski definition) is 1. The number of rotatable bonds is 8. The Bertz CT molecular complexity index is 1520. The van der Waals surface area contributed by atoms with Crippen LogP contribution in [-0.4, -0.2) is 36.0 Å². The third-order valence-electron chi connectivity index (χ3n) is 7.19. The fourth-order valence-corrected chi connectivity index (χ4v) is 5.23. The van der Waals surface area contributed by atoms with E-state index in [9.17, 15) is 19.5 Å². The number of methoxy groups -OCH3 is 1. The molecule has 0 aromatic heterocycles. The quantitative estimate of drug-likeness (QED) is 0.147. The molecule has 1 aliphatic heterocycles. The van der Waals surface area contributed by atoms with Gasteiger partial charge in [0.25, 0.3) is 11.7 Å². The molecule has 0 bridgehead atoms. The van der Waals surface area contributed by atoms with Crippen molar-refractivity contribution >= 4 is 29.1 Å². The maximum absolute atomic E-state index is 13.6. The minimum absolute atomic E-state index is 0.0214. The van der Waals surface area contributed by atoms with Crippen molar-refractivity contribution < 1.29 is 29.0 Å². The molecule has 1 aliphatic rings. The van der Waals surface area contributed by atoms with Gasteiger partial charge in [0.15, 0.2) is 0 Å². The minimum atomic E-state index is -0.851. The van der Waals surface area contributed by atoms with E-state index in [-0.39, 0.29) is 35.7 Å². The van der Waals surface area contributed by atoms with E-state index in [1.54, 1.807) is 45.2 Å². The van der Waals surface area contributed by atoms with Gasteiger partial charge in [0.2, 0.25) is 0 Å². The summed E-state index contributed by atoms with van der Waals surface area (Å²) in [5, 5.41) is 11.7. The summed E-state index contributed by atoms with van der Waals surface area (Å²) in [6.45, 7) is 11.4. The Labute approximate surface area is 241 Å². The van der Waals surface area contributed by atoms with Crippen LogP contribution in [-0.2, 0) is 25.5 Å². The van der Waals surface area contributed by atoms with Gasteiger partial charge in [-0.1, -0.05) is 55.8 Å². The highest BCUT2D eigenvalue weighted by Crippen LogP contribution is 2.43. The highest BCUT2D eigenvalue weighted by atomic mass is 16.5. The van der Waals surface area contributed by atoms with Crippen LogP contribution < -0.4 is 9.64 Å². The van der Waals surface area contributed by atoms with Crippen molar-refractivity contribution in [3.05, 3.63) is 99.6 Å². The topological polar surface area (TPSA) is 93.1 Å². The first-order valence-corrected chi connectivity index (χ1v) is 13.8. The molecule has 0 aliphatic carbocycles. The van der Waals surface area contributed by atoms with Gasteiger partial charge in [0, 0.05) is 11.3 Å². The molecule has 7 nitrogen and oxygen atoms in total. The first-order chi connectivity index (χ1) is 19.4. The van der Waals surface area contributed by atoms with Gasteiger partial charge in [0.1, 0.15) is 11.5 Å². The number of ketones is 1. The van der Waals surface area contributed by atoms with Gasteiger partial charge < -0.3 is 14.6 Å². The molecule has 7 heteroatoms. The number of carbonyl (C=O) groups is 3. The number of esters is 1. The number of aliphatic hydroxyl groups excluding tert-OH is 1. The number of amides is 1. The van der Waals surface area contributed by atoms with Crippen LogP contribution in [0.25, 0.3) is 5.76 Å². The molecule has 0 saturated carbocycles. The molecular formula is C34H37NO6. The molecule has 1 saturated heterocycles.